The third-order valence-corrected chi connectivity index (χ3v) is 2.95. The minimum absolute atomic E-state index is 0.302. The molecule has 1 atom stereocenters. The first-order valence-corrected chi connectivity index (χ1v) is 6.18. The van der Waals surface area contributed by atoms with Crippen LogP contribution in [-0.2, 0) is 9.53 Å². The van der Waals surface area contributed by atoms with Gasteiger partial charge in [-0.25, -0.2) is 0 Å². The van der Waals surface area contributed by atoms with Gasteiger partial charge in [0.25, 0.3) is 0 Å². The minimum atomic E-state index is -0.888. The maximum absolute atomic E-state index is 11.6. The standard InChI is InChI=1S/C12H24N2O2/c1-4-14(8-10-6-7-10)9-12(3,13)11(15)16-5-2/h10H,4-9,13H2,1-3H3. The van der Waals surface area contributed by atoms with Gasteiger partial charge in [-0.1, -0.05) is 6.92 Å². The van der Waals surface area contributed by atoms with Crippen molar-refractivity contribution in [2.24, 2.45) is 11.7 Å². The molecule has 0 heterocycles. The summed E-state index contributed by atoms with van der Waals surface area (Å²) in [5.74, 6) is 0.516. The number of rotatable bonds is 7. The van der Waals surface area contributed by atoms with Crippen molar-refractivity contribution < 1.29 is 9.53 Å². The number of ether oxygens (including phenoxy) is 1. The number of esters is 1. The summed E-state index contributed by atoms with van der Waals surface area (Å²) in [5, 5.41) is 0. The second-order valence-electron chi connectivity index (χ2n) is 4.91. The molecule has 2 N–H and O–H groups in total. The van der Waals surface area contributed by atoms with Gasteiger partial charge in [-0.2, -0.15) is 0 Å². The second kappa shape index (κ2) is 5.64. The fraction of sp³-hybridized carbons (Fsp3) is 0.917. The zero-order valence-corrected chi connectivity index (χ0v) is 10.7. The van der Waals surface area contributed by atoms with E-state index in [2.05, 4.69) is 11.8 Å². The molecule has 0 aromatic carbocycles. The number of carbonyl (C=O) groups excluding carboxylic acids is 1. The lowest BCUT2D eigenvalue weighted by Gasteiger charge is -2.30. The Labute approximate surface area is 98.1 Å². The Morgan fingerprint density at radius 3 is 2.56 bits per heavy atom. The predicted octanol–water partition coefficient (Wildman–Crippen LogP) is 0.999. The molecular formula is C12H24N2O2. The Hall–Kier alpha value is -0.610. The van der Waals surface area contributed by atoms with Gasteiger partial charge in [0, 0.05) is 13.1 Å². The number of hydrogen-bond donors (Lipinski definition) is 1. The van der Waals surface area contributed by atoms with Crippen LogP contribution in [0.25, 0.3) is 0 Å². The summed E-state index contributed by atoms with van der Waals surface area (Å²) in [7, 11) is 0. The van der Waals surface area contributed by atoms with E-state index in [9.17, 15) is 4.79 Å². The van der Waals surface area contributed by atoms with Gasteiger partial charge < -0.3 is 15.4 Å². The van der Waals surface area contributed by atoms with Gasteiger partial charge in [0.2, 0.25) is 0 Å². The third-order valence-electron chi connectivity index (χ3n) is 2.95. The zero-order chi connectivity index (χ0) is 12.2. The monoisotopic (exact) mass is 228 g/mol. The number of nitrogens with two attached hydrogens (primary N) is 1. The van der Waals surface area contributed by atoms with Crippen LogP contribution < -0.4 is 5.73 Å². The van der Waals surface area contributed by atoms with Gasteiger partial charge in [-0.05, 0) is 39.2 Å². The third kappa shape index (κ3) is 4.10. The highest BCUT2D eigenvalue weighted by molar-refractivity contribution is 5.80. The summed E-state index contributed by atoms with van der Waals surface area (Å²) >= 11 is 0. The molecule has 94 valence electrons. The molecule has 0 saturated heterocycles. The summed E-state index contributed by atoms with van der Waals surface area (Å²) in [5.41, 5.74) is 5.11. The van der Waals surface area contributed by atoms with Gasteiger partial charge in [-0.15, -0.1) is 0 Å². The van der Waals surface area contributed by atoms with Gasteiger partial charge in [0.1, 0.15) is 5.54 Å². The Morgan fingerprint density at radius 2 is 2.12 bits per heavy atom. The predicted molar refractivity (Wildman–Crippen MR) is 64.1 cm³/mol. The second-order valence-corrected chi connectivity index (χ2v) is 4.91. The Morgan fingerprint density at radius 1 is 1.50 bits per heavy atom. The molecule has 1 fully saturated rings. The van der Waals surface area contributed by atoms with E-state index < -0.39 is 5.54 Å². The summed E-state index contributed by atoms with van der Waals surface area (Å²) < 4.78 is 4.98. The lowest BCUT2D eigenvalue weighted by molar-refractivity contribution is -0.149. The Kier molecular flexibility index (Phi) is 4.74. The van der Waals surface area contributed by atoms with Crippen LogP contribution in [0.1, 0.15) is 33.6 Å². The molecule has 16 heavy (non-hydrogen) atoms. The van der Waals surface area contributed by atoms with Crippen LogP contribution in [0.5, 0.6) is 0 Å². The Balaban J connectivity index is 2.43. The van der Waals surface area contributed by atoms with Crippen molar-refractivity contribution in [3.05, 3.63) is 0 Å². The zero-order valence-electron chi connectivity index (χ0n) is 10.7. The van der Waals surface area contributed by atoms with Crippen LogP contribution >= 0.6 is 0 Å². The molecule has 1 rings (SSSR count). The maximum atomic E-state index is 11.6. The molecule has 0 radical (unpaired) electrons. The highest BCUT2D eigenvalue weighted by Crippen LogP contribution is 2.29. The van der Waals surface area contributed by atoms with Crippen molar-refractivity contribution >= 4 is 5.97 Å². The number of carbonyl (C=O) groups is 1. The molecular weight excluding hydrogens is 204 g/mol. The van der Waals surface area contributed by atoms with E-state index in [-0.39, 0.29) is 5.97 Å². The molecule has 1 saturated carbocycles. The first kappa shape index (κ1) is 13.5. The van der Waals surface area contributed by atoms with Gasteiger partial charge in [0.15, 0.2) is 0 Å². The van der Waals surface area contributed by atoms with Crippen molar-refractivity contribution in [1.82, 2.24) is 4.90 Å². The largest absolute Gasteiger partial charge is 0.465 e. The van der Waals surface area contributed by atoms with E-state index in [1.807, 2.05) is 0 Å². The average molecular weight is 228 g/mol. The lowest BCUT2D eigenvalue weighted by Crippen LogP contribution is -2.54. The van der Waals surface area contributed by atoms with E-state index in [0.29, 0.717) is 13.2 Å². The van der Waals surface area contributed by atoms with Crippen LogP contribution in [-0.4, -0.2) is 42.6 Å². The number of hydrogen-bond acceptors (Lipinski definition) is 4. The molecule has 0 bridgehead atoms. The molecule has 1 aliphatic carbocycles. The van der Waals surface area contributed by atoms with Crippen LogP contribution in [0.15, 0.2) is 0 Å². The van der Waals surface area contributed by atoms with Gasteiger partial charge in [-0.3, -0.25) is 4.79 Å². The van der Waals surface area contributed by atoms with E-state index >= 15 is 0 Å². The highest BCUT2D eigenvalue weighted by Gasteiger charge is 2.33. The maximum Gasteiger partial charge on any atom is 0.327 e. The van der Waals surface area contributed by atoms with E-state index in [1.165, 1.54) is 12.8 Å². The minimum Gasteiger partial charge on any atom is -0.465 e. The van der Waals surface area contributed by atoms with Crippen molar-refractivity contribution in [2.45, 2.75) is 39.2 Å². The van der Waals surface area contributed by atoms with Crippen LogP contribution in [0.4, 0.5) is 0 Å². The van der Waals surface area contributed by atoms with Gasteiger partial charge in [0.05, 0.1) is 6.61 Å². The number of likely N-dealkylation sites (N-methyl/N-ethyl adjacent to an activating group) is 1. The molecule has 1 unspecified atom stereocenters. The number of nitrogens with zero attached hydrogens (tertiary/aromatic N) is 1. The average Bonchev–Trinajstić information content (AvgIpc) is 3.00. The Bertz CT molecular complexity index is 237. The molecule has 4 nitrogen and oxygen atoms in total. The summed E-state index contributed by atoms with van der Waals surface area (Å²) in [6.45, 7) is 8.62. The van der Waals surface area contributed by atoms with Crippen molar-refractivity contribution in [3.8, 4) is 0 Å². The van der Waals surface area contributed by atoms with Crippen molar-refractivity contribution in [1.29, 1.82) is 0 Å². The fourth-order valence-electron chi connectivity index (χ4n) is 1.80. The fourth-order valence-corrected chi connectivity index (χ4v) is 1.80. The normalized spacial score (nSPS) is 19.6. The highest BCUT2D eigenvalue weighted by atomic mass is 16.5. The van der Waals surface area contributed by atoms with Crippen molar-refractivity contribution in [2.75, 3.05) is 26.2 Å². The molecule has 1 aliphatic rings. The first-order valence-electron chi connectivity index (χ1n) is 6.18. The molecule has 4 heteroatoms. The molecule has 0 amide bonds. The van der Waals surface area contributed by atoms with Crippen LogP contribution in [0, 0.1) is 5.92 Å². The summed E-state index contributed by atoms with van der Waals surface area (Å²) in [4.78, 5) is 13.9. The lowest BCUT2D eigenvalue weighted by atomic mass is 10.0. The SMILES string of the molecule is CCOC(=O)C(C)(N)CN(CC)CC1CC1. The quantitative estimate of drug-likeness (QED) is 0.660. The smallest absolute Gasteiger partial charge is 0.327 e. The molecule has 0 spiro atoms. The molecule has 0 aromatic rings. The van der Waals surface area contributed by atoms with Crippen LogP contribution in [0.3, 0.4) is 0 Å². The molecule has 0 aliphatic heterocycles. The summed E-state index contributed by atoms with van der Waals surface area (Å²) in [6.07, 6.45) is 2.63. The van der Waals surface area contributed by atoms with Crippen LogP contribution in [0.2, 0.25) is 0 Å². The van der Waals surface area contributed by atoms with E-state index in [0.717, 1.165) is 19.0 Å². The molecule has 0 aromatic heterocycles. The van der Waals surface area contributed by atoms with E-state index in [1.54, 1.807) is 13.8 Å². The topological polar surface area (TPSA) is 55.6 Å². The van der Waals surface area contributed by atoms with Crippen molar-refractivity contribution in [3.63, 3.8) is 0 Å². The van der Waals surface area contributed by atoms with Gasteiger partial charge >= 0.3 is 5.97 Å². The first-order chi connectivity index (χ1) is 7.49. The summed E-state index contributed by atoms with van der Waals surface area (Å²) in [6, 6.07) is 0. The van der Waals surface area contributed by atoms with E-state index in [4.69, 9.17) is 10.5 Å².